The predicted molar refractivity (Wildman–Crippen MR) is 106 cm³/mol. The summed E-state index contributed by atoms with van der Waals surface area (Å²) in [6.45, 7) is 5.09. The van der Waals surface area contributed by atoms with Crippen LogP contribution in [0.15, 0.2) is 42.5 Å². The molecule has 148 valence electrons. The Hall–Kier alpha value is -2.73. The van der Waals surface area contributed by atoms with Crippen molar-refractivity contribution in [1.82, 2.24) is 0 Å². The molecule has 0 aromatic heterocycles. The minimum absolute atomic E-state index is 0.00611. The molecule has 28 heavy (non-hydrogen) atoms. The van der Waals surface area contributed by atoms with Gasteiger partial charge in [-0.05, 0) is 37.3 Å². The molecule has 2 aromatic carbocycles. The third-order valence-electron chi connectivity index (χ3n) is 5.30. The number of quaternary nitrogens is 1. The minimum Gasteiger partial charge on any atom is -0.492 e. The molecule has 2 aromatic rings. The molecule has 0 bridgehead atoms. The van der Waals surface area contributed by atoms with Crippen LogP contribution in [0.5, 0.6) is 17.2 Å². The van der Waals surface area contributed by atoms with Gasteiger partial charge in [-0.2, -0.15) is 0 Å². The third-order valence-corrected chi connectivity index (χ3v) is 5.30. The Morgan fingerprint density at radius 1 is 1.18 bits per heavy atom. The lowest BCUT2D eigenvalue weighted by molar-refractivity contribution is -0.910. The van der Waals surface area contributed by atoms with Gasteiger partial charge in [-0.3, -0.25) is 4.79 Å². The summed E-state index contributed by atoms with van der Waals surface area (Å²) >= 11 is 0. The largest absolute Gasteiger partial charge is 0.492 e. The molecule has 2 aliphatic rings. The first-order valence-electron chi connectivity index (χ1n) is 10.0. The normalized spacial score (nSPS) is 20.6. The van der Waals surface area contributed by atoms with E-state index in [1.54, 1.807) is 0 Å². The molecule has 1 saturated heterocycles. The third kappa shape index (κ3) is 4.07. The number of hydrogen-bond donors (Lipinski definition) is 2. The van der Waals surface area contributed by atoms with Crippen LogP contribution in [0.1, 0.15) is 31.4 Å². The molecular formula is C22H27N2O4+. The summed E-state index contributed by atoms with van der Waals surface area (Å²) in [4.78, 5) is 14.0. The van der Waals surface area contributed by atoms with Crippen LogP contribution in [0.3, 0.4) is 0 Å². The second-order valence-corrected chi connectivity index (χ2v) is 7.16. The number of carbonyl (C=O) groups is 1. The second-order valence-electron chi connectivity index (χ2n) is 7.16. The van der Waals surface area contributed by atoms with E-state index in [9.17, 15) is 4.79 Å². The molecule has 0 saturated carbocycles. The molecule has 4 rings (SSSR count). The van der Waals surface area contributed by atoms with Crippen LogP contribution < -0.4 is 24.4 Å². The van der Waals surface area contributed by atoms with Crippen molar-refractivity contribution in [3.05, 3.63) is 48.0 Å². The second kappa shape index (κ2) is 8.52. The van der Waals surface area contributed by atoms with Crippen LogP contribution in [-0.4, -0.2) is 38.8 Å². The Labute approximate surface area is 165 Å². The summed E-state index contributed by atoms with van der Waals surface area (Å²) in [6, 6.07) is 14.0. The number of amides is 1. The van der Waals surface area contributed by atoms with E-state index in [1.165, 1.54) is 10.5 Å². The highest BCUT2D eigenvalue weighted by Gasteiger charge is 2.32. The lowest BCUT2D eigenvalue weighted by atomic mass is 10.0. The maximum absolute atomic E-state index is 12.7. The summed E-state index contributed by atoms with van der Waals surface area (Å²) in [5.74, 6) is 2.33. The van der Waals surface area contributed by atoms with E-state index in [4.69, 9.17) is 14.2 Å². The summed E-state index contributed by atoms with van der Waals surface area (Å²) < 4.78 is 17.0. The molecule has 2 aliphatic heterocycles. The number of likely N-dealkylation sites (tertiary alicyclic amines) is 1. The minimum atomic E-state index is 0.00611. The van der Waals surface area contributed by atoms with E-state index >= 15 is 0 Å². The maximum atomic E-state index is 12.7. The number of rotatable bonds is 6. The van der Waals surface area contributed by atoms with Crippen LogP contribution >= 0.6 is 0 Å². The van der Waals surface area contributed by atoms with E-state index in [2.05, 4.69) is 17.4 Å². The van der Waals surface area contributed by atoms with Gasteiger partial charge in [0.15, 0.2) is 18.0 Å². The molecule has 2 heterocycles. The Morgan fingerprint density at radius 2 is 2.00 bits per heavy atom. The molecular weight excluding hydrogens is 356 g/mol. The van der Waals surface area contributed by atoms with E-state index in [1.807, 2.05) is 37.3 Å². The van der Waals surface area contributed by atoms with Crippen molar-refractivity contribution in [3.8, 4) is 17.2 Å². The first-order valence-corrected chi connectivity index (χ1v) is 10.0. The van der Waals surface area contributed by atoms with Gasteiger partial charge in [-0.15, -0.1) is 0 Å². The number of nitrogens with one attached hydrogen (secondary N) is 2. The van der Waals surface area contributed by atoms with Crippen LogP contribution in [0.4, 0.5) is 5.69 Å². The smallest absolute Gasteiger partial charge is 0.279 e. The predicted octanol–water partition coefficient (Wildman–Crippen LogP) is 2.21. The van der Waals surface area contributed by atoms with Gasteiger partial charge in [0.2, 0.25) is 0 Å². The van der Waals surface area contributed by atoms with Gasteiger partial charge in [0.25, 0.3) is 5.91 Å². The van der Waals surface area contributed by atoms with Gasteiger partial charge < -0.3 is 24.4 Å². The standard InChI is InChI=1S/C22H26N2O4/c1-2-26-19-8-4-3-6-17(19)23-22(25)15-24-11-5-7-18(24)16-9-10-20-21(14-16)28-13-12-27-20/h3-4,6,8-10,14,18H,2,5,7,11-13,15H2,1H3,(H,23,25)/p+1/t18-/m1/s1. The van der Waals surface area contributed by atoms with Crippen molar-refractivity contribution in [2.45, 2.75) is 25.8 Å². The highest BCUT2D eigenvalue weighted by Crippen LogP contribution is 2.33. The molecule has 6 heteroatoms. The molecule has 2 atom stereocenters. The summed E-state index contributed by atoms with van der Waals surface area (Å²) in [6.07, 6.45) is 2.18. The number of anilines is 1. The Kier molecular flexibility index (Phi) is 5.67. The number of ether oxygens (including phenoxy) is 3. The van der Waals surface area contributed by atoms with E-state index < -0.39 is 0 Å². The van der Waals surface area contributed by atoms with Crippen LogP contribution in [0.2, 0.25) is 0 Å². The lowest BCUT2D eigenvalue weighted by Gasteiger charge is -2.24. The molecule has 1 fully saturated rings. The van der Waals surface area contributed by atoms with E-state index in [-0.39, 0.29) is 5.91 Å². The van der Waals surface area contributed by atoms with Crippen molar-refractivity contribution in [2.75, 3.05) is 38.2 Å². The SMILES string of the molecule is CCOc1ccccc1NC(=O)C[NH+]1CCC[C@@H]1c1ccc2c(c1)OCCO2. The van der Waals surface area contributed by atoms with E-state index in [0.29, 0.717) is 38.2 Å². The fourth-order valence-corrected chi connectivity index (χ4v) is 4.05. The molecule has 0 spiro atoms. The fourth-order valence-electron chi connectivity index (χ4n) is 4.05. The Balaban J connectivity index is 1.43. The molecule has 0 aliphatic carbocycles. The number of hydrogen-bond acceptors (Lipinski definition) is 4. The zero-order chi connectivity index (χ0) is 19.3. The maximum Gasteiger partial charge on any atom is 0.279 e. The van der Waals surface area contributed by atoms with Gasteiger partial charge in [0.05, 0.1) is 18.8 Å². The van der Waals surface area contributed by atoms with Gasteiger partial charge in [0, 0.05) is 18.4 Å². The van der Waals surface area contributed by atoms with Gasteiger partial charge >= 0.3 is 0 Å². The molecule has 1 amide bonds. The average molecular weight is 383 g/mol. The topological polar surface area (TPSA) is 61.2 Å². The van der Waals surface area contributed by atoms with E-state index in [0.717, 1.165) is 36.6 Å². The van der Waals surface area contributed by atoms with Crippen molar-refractivity contribution in [3.63, 3.8) is 0 Å². The zero-order valence-electron chi connectivity index (χ0n) is 16.2. The van der Waals surface area contributed by atoms with Crippen molar-refractivity contribution < 1.29 is 23.9 Å². The lowest BCUT2D eigenvalue weighted by Crippen LogP contribution is -3.11. The average Bonchev–Trinajstić information content (AvgIpc) is 3.17. The highest BCUT2D eigenvalue weighted by molar-refractivity contribution is 5.92. The van der Waals surface area contributed by atoms with Crippen LogP contribution in [-0.2, 0) is 4.79 Å². The van der Waals surface area contributed by atoms with Crippen LogP contribution in [0.25, 0.3) is 0 Å². The molecule has 1 unspecified atom stereocenters. The fraction of sp³-hybridized carbons (Fsp3) is 0.409. The number of carbonyl (C=O) groups excluding carboxylic acids is 1. The van der Waals surface area contributed by atoms with Crippen molar-refractivity contribution >= 4 is 11.6 Å². The Bertz CT molecular complexity index is 839. The number of fused-ring (bicyclic) bond motifs is 1. The van der Waals surface area contributed by atoms with Gasteiger partial charge in [-0.25, -0.2) is 0 Å². The number of benzene rings is 2. The monoisotopic (exact) mass is 383 g/mol. The molecule has 0 radical (unpaired) electrons. The van der Waals surface area contributed by atoms with Crippen LogP contribution in [0, 0.1) is 0 Å². The highest BCUT2D eigenvalue weighted by atomic mass is 16.6. The number of para-hydroxylation sites is 2. The van der Waals surface area contributed by atoms with Crippen molar-refractivity contribution in [1.29, 1.82) is 0 Å². The van der Waals surface area contributed by atoms with Crippen molar-refractivity contribution in [2.24, 2.45) is 0 Å². The van der Waals surface area contributed by atoms with Gasteiger partial charge in [-0.1, -0.05) is 12.1 Å². The van der Waals surface area contributed by atoms with Gasteiger partial charge in [0.1, 0.15) is 25.0 Å². The molecule has 6 nitrogen and oxygen atoms in total. The first kappa shape index (κ1) is 18.6. The summed E-state index contributed by atoms with van der Waals surface area (Å²) in [5.41, 5.74) is 1.93. The summed E-state index contributed by atoms with van der Waals surface area (Å²) in [7, 11) is 0. The Morgan fingerprint density at radius 3 is 2.86 bits per heavy atom. The first-order chi connectivity index (χ1) is 13.7. The summed E-state index contributed by atoms with van der Waals surface area (Å²) in [5, 5.41) is 3.01. The zero-order valence-corrected chi connectivity index (χ0v) is 16.2. The quantitative estimate of drug-likeness (QED) is 0.803. The molecule has 2 N–H and O–H groups in total.